The van der Waals surface area contributed by atoms with E-state index in [1.165, 1.54) is 12.1 Å². The summed E-state index contributed by atoms with van der Waals surface area (Å²) in [5, 5.41) is 8.75. The Morgan fingerprint density at radius 1 is 1.16 bits per heavy atom. The standard InChI is InChI=1S/C23H24F3NO5/c1-15-11-17(6-9-20(15)31-14-21(28)29)18-3-2-10-27(12-18)22(30)32-13-16-4-7-19(8-5-16)23(24,25)26/h4-9,11,18H,2-3,10,12-14H2,1H3,(H,28,29). The third-order valence-corrected chi connectivity index (χ3v) is 5.34. The zero-order chi connectivity index (χ0) is 23.3. The molecule has 0 aliphatic carbocycles. The van der Waals surface area contributed by atoms with Crippen LogP contribution >= 0.6 is 0 Å². The molecule has 1 atom stereocenters. The van der Waals surface area contributed by atoms with Crippen molar-refractivity contribution >= 4 is 12.1 Å². The van der Waals surface area contributed by atoms with E-state index in [4.69, 9.17) is 14.6 Å². The molecule has 1 unspecified atom stereocenters. The molecule has 1 saturated heterocycles. The molecule has 6 nitrogen and oxygen atoms in total. The fourth-order valence-corrected chi connectivity index (χ4v) is 3.67. The molecule has 1 aliphatic heterocycles. The van der Waals surface area contributed by atoms with Crippen LogP contribution in [0.3, 0.4) is 0 Å². The zero-order valence-electron chi connectivity index (χ0n) is 17.5. The second-order valence-corrected chi connectivity index (χ2v) is 7.74. The van der Waals surface area contributed by atoms with Gasteiger partial charge < -0.3 is 19.5 Å². The largest absolute Gasteiger partial charge is 0.482 e. The normalized spacial score (nSPS) is 16.5. The van der Waals surface area contributed by atoms with Gasteiger partial charge in [0.05, 0.1) is 5.56 Å². The average Bonchev–Trinajstić information content (AvgIpc) is 2.76. The van der Waals surface area contributed by atoms with Gasteiger partial charge in [-0.3, -0.25) is 0 Å². The lowest BCUT2D eigenvalue weighted by Crippen LogP contribution is -2.39. The lowest BCUT2D eigenvalue weighted by atomic mass is 9.90. The summed E-state index contributed by atoms with van der Waals surface area (Å²) >= 11 is 0. The van der Waals surface area contributed by atoms with Crippen molar-refractivity contribution in [2.75, 3.05) is 19.7 Å². The minimum atomic E-state index is -4.41. The lowest BCUT2D eigenvalue weighted by Gasteiger charge is -2.32. The van der Waals surface area contributed by atoms with E-state index in [9.17, 15) is 22.8 Å². The van der Waals surface area contributed by atoms with Crippen molar-refractivity contribution in [1.29, 1.82) is 0 Å². The Morgan fingerprint density at radius 2 is 1.88 bits per heavy atom. The molecule has 0 spiro atoms. The van der Waals surface area contributed by atoms with Crippen LogP contribution in [-0.2, 0) is 22.3 Å². The molecule has 2 aromatic rings. The number of benzene rings is 2. The number of carboxylic acid groups (broad SMARTS) is 1. The van der Waals surface area contributed by atoms with Gasteiger partial charge in [-0.1, -0.05) is 24.3 Å². The van der Waals surface area contributed by atoms with Crippen LogP contribution in [0.1, 0.15) is 41.0 Å². The lowest BCUT2D eigenvalue weighted by molar-refractivity contribution is -0.139. The van der Waals surface area contributed by atoms with Crippen molar-refractivity contribution in [3.63, 3.8) is 0 Å². The van der Waals surface area contributed by atoms with Gasteiger partial charge in [-0.05, 0) is 54.7 Å². The summed E-state index contributed by atoms with van der Waals surface area (Å²) in [5.74, 6) is -0.458. The number of amides is 1. The summed E-state index contributed by atoms with van der Waals surface area (Å²) in [7, 11) is 0. The van der Waals surface area contributed by atoms with Crippen LogP contribution in [0.2, 0.25) is 0 Å². The first kappa shape index (κ1) is 23.4. The first-order valence-corrected chi connectivity index (χ1v) is 10.2. The number of carbonyl (C=O) groups is 2. The Hall–Kier alpha value is -3.23. The van der Waals surface area contributed by atoms with E-state index in [-0.39, 0.29) is 12.5 Å². The number of carboxylic acids is 1. The molecule has 0 bridgehead atoms. The monoisotopic (exact) mass is 451 g/mol. The number of alkyl halides is 3. The topological polar surface area (TPSA) is 76.1 Å². The van der Waals surface area contributed by atoms with Gasteiger partial charge in [0, 0.05) is 19.0 Å². The molecule has 0 radical (unpaired) electrons. The highest BCUT2D eigenvalue weighted by Crippen LogP contribution is 2.31. The fourth-order valence-electron chi connectivity index (χ4n) is 3.67. The maximum absolute atomic E-state index is 12.6. The molecule has 32 heavy (non-hydrogen) atoms. The van der Waals surface area contributed by atoms with Crippen LogP contribution in [0.15, 0.2) is 42.5 Å². The molecule has 0 aromatic heterocycles. The third kappa shape index (κ3) is 6.15. The second kappa shape index (κ2) is 9.93. The van der Waals surface area contributed by atoms with Crippen LogP contribution in [0.25, 0.3) is 0 Å². The molecule has 1 amide bonds. The first-order valence-electron chi connectivity index (χ1n) is 10.2. The Labute approximate surface area is 183 Å². The molecule has 1 aliphatic rings. The number of piperidine rings is 1. The highest BCUT2D eigenvalue weighted by atomic mass is 19.4. The van der Waals surface area contributed by atoms with E-state index in [1.54, 1.807) is 11.0 Å². The molecule has 0 saturated carbocycles. The molecule has 9 heteroatoms. The Kier molecular flexibility index (Phi) is 7.27. The van der Waals surface area contributed by atoms with Gasteiger partial charge in [0.1, 0.15) is 12.4 Å². The molecule has 2 aromatic carbocycles. The SMILES string of the molecule is Cc1cc(C2CCCN(C(=O)OCc3ccc(C(F)(F)F)cc3)C2)ccc1OCC(=O)O. The molecular weight excluding hydrogens is 427 g/mol. The molecular formula is C23H24F3NO5. The van der Waals surface area contributed by atoms with E-state index in [1.807, 2.05) is 19.1 Å². The van der Waals surface area contributed by atoms with Gasteiger partial charge in [0.2, 0.25) is 0 Å². The molecule has 1 heterocycles. The summed E-state index contributed by atoms with van der Waals surface area (Å²) < 4.78 is 48.5. The van der Waals surface area contributed by atoms with Crippen molar-refractivity contribution in [3.8, 4) is 5.75 Å². The summed E-state index contributed by atoms with van der Waals surface area (Å²) in [6.07, 6.45) is -3.24. The summed E-state index contributed by atoms with van der Waals surface area (Å²) in [6, 6.07) is 10.1. The number of hydrogen-bond donors (Lipinski definition) is 1. The predicted molar refractivity (Wildman–Crippen MR) is 109 cm³/mol. The maximum Gasteiger partial charge on any atom is 0.416 e. The fraction of sp³-hybridized carbons (Fsp3) is 0.391. The van der Waals surface area contributed by atoms with E-state index >= 15 is 0 Å². The summed E-state index contributed by atoms with van der Waals surface area (Å²) in [6.45, 7) is 2.32. The average molecular weight is 451 g/mol. The number of aliphatic carboxylic acids is 1. The number of aryl methyl sites for hydroxylation is 1. The Balaban J connectivity index is 1.56. The van der Waals surface area contributed by atoms with E-state index < -0.39 is 30.4 Å². The number of halogens is 3. The van der Waals surface area contributed by atoms with Gasteiger partial charge >= 0.3 is 18.2 Å². The highest BCUT2D eigenvalue weighted by Gasteiger charge is 2.30. The minimum Gasteiger partial charge on any atom is -0.482 e. The Bertz CT molecular complexity index is 959. The molecule has 1 fully saturated rings. The number of ether oxygens (including phenoxy) is 2. The highest BCUT2D eigenvalue weighted by molar-refractivity contribution is 5.68. The first-order chi connectivity index (χ1) is 15.1. The van der Waals surface area contributed by atoms with Crippen molar-refractivity contribution in [3.05, 3.63) is 64.7 Å². The smallest absolute Gasteiger partial charge is 0.416 e. The van der Waals surface area contributed by atoms with Crippen LogP contribution in [-0.4, -0.2) is 41.8 Å². The Morgan fingerprint density at radius 3 is 2.50 bits per heavy atom. The van der Waals surface area contributed by atoms with Gasteiger partial charge in [-0.2, -0.15) is 13.2 Å². The van der Waals surface area contributed by atoms with Crippen LogP contribution < -0.4 is 4.74 Å². The zero-order valence-corrected chi connectivity index (χ0v) is 17.5. The van der Waals surface area contributed by atoms with Gasteiger partial charge in [0.15, 0.2) is 6.61 Å². The van der Waals surface area contributed by atoms with Crippen LogP contribution in [0.5, 0.6) is 5.75 Å². The van der Waals surface area contributed by atoms with Crippen molar-refractivity contribution in [1.82, 2.24) is 4.90 Å². The predicted octanol–water partition coefficient (Wildman–Crippen LogP) is 4.99. The summed E-state index contributed by atoms with van der Waals surface area (Å²) in [4.78, 5) is 24.8. The van der Waals surface area contributed by atoms with Crippen LogP contribution in [0, 0.1) is 6.92 Å². The van der Waals surface area contributed by atoms with Gasteiger partial charge in [-0.25, -0.2) is 9.59 Å². The molecule has 1 N–H and O–H groups in total. The molecule has 3 rings (SSSR count). The maximum atomic E-state index is 12.6. The summed E-state index contributed by atoms with van der Waals surface area (Å²) in [5.41, 5.74) is 1.56. The number of nitrogens with zero attached hydrogens (tertiary/aromatic N) is 1. The number of likely N-dealkylation sites (tertiary alicyclic amines) is 1. The van der Waals surface area contributed by atoms with Gasteiger partial charge in [0.25, 0.3) is 0 Å². The number of rotatable bonds is 6. The van der Waals surface area contributed by atoms with E-state index in [0.717, 1.165) is 36.1 Å². The van der Waals surface area contributed by atoms with Crippen molar-refractivity contribution < 1.29 is 37.3 Å². The van der Waals surface area contributed by atoms with Crippen molar-refractivity contribution in [2.24, 2.45) is 0 Å². The van der Waals surface area contributed by atoms with E-state index in [2.05, 4.69) is 0 Å². The van der Waals surface area contributed by atoms with Crippen LogP contribution in [0.4, 0.5) is 18.0 Å². The minimum absolute atomic E-state index is 0.0922. The van der Waals surface area contributed by atoms with E-state index in [0.29, 0.717) is 24.4 Å². The van der Waals surface area contributed by atoms with Gasteiger partial charge in [-0.15, -0.1) is 0 Å². The molecule has 172 valence electrons. The third-order valence-electron chi connectivity index (χ3n) is 5.34. The second-order valence-electron chi connectivity index (χ2n) is 7.74. The van der Waals surface area contributed by atoms with Crippen molar-refractivity contribution in [2.45, 2.75) is 38.5 Å². The number of carbonyl (C=O) groups excluding carboxylic acids is 1. The quantitative estimate of drug-likeness (QED) is 0.670. The number of hydrogen-bond acceptors (Lipinski definition) is 4.